The van der Waals surface area contributed by atoms with Gasteiger partial charge < -0.3 is 16.4 Å². The van der Waals surface area contributed by atoms with Gasteiger partial charge in [-0.15, -0.1) is 0 Å². The van der Waals surface area contributed by atoms with Gasteiger partial charge in [-0.1, -0.05) is 6.07 Å². The van der Waals surface area contributed by atoms with E-state index in [0.717, 1.165) is 5.69 Å². The van der Waals surface area contributed by atoms with Gasteiger partial charge in [0.1, 0.15) is 0 Å². The molecule has 0 fully saturated rings. The number of hydrogen-bond acceptors (Lipinski definition) is 3. The second kappa shape index (κ2) is 4.43. The fraction of sp³-hybridized carbons (Fsp3) is 0.417. The van der Waals surface area contributed by atoms with E-state index in [1.54, 1.807) is 19.2 Å². The number of hydrogen-bond donors (Lipinski definition) is 3. The summed E-state index contributed by atoms with van der Waals surface area (Å²) in [6.07, 6.45) is 0. The summed E-state index contributed by atoms with van der Waals surface area (Å²) in [5.41, 5.74) is 7.37. The van der Waals surface area contributed by atoms with Gasteiger partial charge in [0.05, 0.1) is 16.9 Å². The zero-order chi connectivity index (χ0) is 12.3. The molecule has 1 aromatic carbocycles. The van der Waals surface area contributed by atoms with E-state index >= 15 is 0 Å². The number of nitrogens with one attached hydrogen (secondary N) is 2. The van der Waals surface area contributed by atoms with Crippen LogP contribution in [0.15, 0.2) is 18.2 Å². The number of para-hydroxylation sites is 1. The van der Waals surface area contributed by atoms with E-state index in [-0.39, 0.29) is 11.4 Å². The number of nitrogens with two attached hydrogens (primary N) is 1. The molecule has 0 atom stereocenters. The van der Waals surface area contributed by atoms with E-state index in [4.69, 9.17) is 5.73 Å². The van der Waals surface area contributed by atoms with E-state index < -0.39 is 0 Å². The number of amides is 1. The Labute approximate surface area is 96.2 Å². The highest BCUT2D eigenvalue weighted by molar-refractivity contribution is 6.02. The summed E-state index contributed by atoms with van der Waals surface area (Å²) in [7, 11) is 1.77. The zero-order valence-corrected chi connectivity index (χ0v) is 10.2. The average Bonchev–Trinajstić information content (AvgIpc) is 2.15. The van der Waals surface area contributed by atoms with Crippen LogP contribution >= 0.6 is 0 Å². The highest BCUT2D eigenvalue weighted by Gasteiger charge is 2.17. The SMILES string of the molecule is CNc1cccc(C(=O)NC(C)(C)C)c1N. The lowest BCUT2D eigenvalue weighted by molar-refractivity contribution is 0.0920. The first-order chi connectivity index (χ1) is 7.35. The summed E-state index contributed by atoms with van der Waals surface area (Å²) >= 11 is 0. The van der Waals surface area contributed by atoms with Crippen molar-refractivity contribution in [3.8, 4) is 0 Å². The maximum Gasteiger partial charge on any atom is 0.253 e. The smallest absolute Gasteiger partial charge is 0.253 e. The van der Waals surface area contributed by atoms with Crippen LogP contribution in [-0.4, -0.2) is 18.5 Å². The average molecular weight is 221 g/mol. The number of rotatable bonds is 2. The first-order valence-electron chi connectivity index (χ1n) is 5.24. The number of benzene rings is 1. The fourth-order valence-electron chi connectivity index (χ4n) is 1.39. The first kappa shape index (κ1) is 12.4. The van der Waals surface area contributed by atoms with Gasteiger partial charge in [0.2, 0.25) is 0 Å². The second-order valence-electron chi connectivity index (χ2n) is 4.72. The molecular weight excluding hydrogens is 202 g/mol. The molecule has 0 aliphatic rings. The van der Waals surface area contributed by atoms with Crippen molar-refractivity contribution in [3.63, 3.8) is 0 Å². The van der Waals surface area contributed by atoms with Gasteiger partial charge in [0, 0.05) is 12.6 Å². The third-order valence-electron chi connectivity index (χ3n) is 2.11. The van der Waals surface area contributed by atoms with Crippen LogP contribution in [0.25, 0.3) is 0 Å². The Balaban J connectivity index is 3.01. The van der Waals surface area contributed by atoms with Gasteiger partial charge >= 0.3 is 0 Å². The molecule has 0 unspecified atom stereocenters. The topological polar surface area (TPSA) is 67.2 Å². The number of anilines is 2. The van der Waals surface area contributed by atoms with Crippen molar-refractivity contribution < 1.29 is 4.79 Å². The molecule has 0 saturated heterocycles. The minimum Gasteiger partial charge on any atom is -0.396 e. The van der Waals surface area contributed by atoms with Gasteiger partial charge in [-0.25, -0.2) is 0 Å². The van der Waals surface area contributed by atoms with Crippen molar-refractivity contribution in [1.82, 2.24) is 5.32 Å². The third-order valence-corrected chi connectivity index (χ3v) is 2.11. The Hall–Kier alpha value is -1.71. The van der Waals surface area contributed by atoms with E-state index in [9.17, 15) is 4.79 Å². The Morgan fingerprint density at radius 1 is 1.31 bits per heavy atom. The summed E-state index contributed by atoms with van der Waals surface area (Å²) in [5, 5.41) is 5.83. The van der Waals surface area contributed by atoms with E-state index in [0.29, 0.717) is 11.3 Å². The Kier molecular flexibility index (Phi) is 3.42. The lowest BCUT2D eigenvalue weighted by Gasteiger charge is -2.21. The summed E-state index contributed by atoms with van der Waals surface area (Å²) in [4.78, 5) is 11.9. The van der Waals surface area contributed by atoms with Crippen molar-refractivity contribution in [2.45, 2.75) is 26.3 Å². The van der Waals surface area contributed by atoms with Gasteiger partial charge in [-0.05, 0) is 32.9 Å². The molecule has 16 heavy (non-hydrogen) atoms. The lowest BCUT2D eigenvalue weighted by Crippen LogP contribution is -2.40. The van der Waals surface area contributed by atoms with Crippen LogP contribution in [0.1, 0.15) is 31.1 Å². The predicted octanol–water partition coefficient (Wildman–Crippen LogP) is 1.84. The molecule has 4 heteroatoms. The molecule has 0 aliphatic carbocycles. The minimum atomic E-state index is -0.265. The molecule has 0 heterocycles. The molecule has 0 aromatic heterocycles. The lowest BCUT2D eigenvalue weighted by atomic mass is 10.1. The molecule has 4 nitrogen and oxygen atoms in total. The van der Waals surface area contributed by atoms with Gasteiger partial charge in [0.15, 0.2) is 0 Å². The van der Waals surface area contributed by atoms with E-state index in [1.807, 2.05) is 26.8 Å². The van der Waals surface area contributed by atoms with Crippen LogP contribution in [0, 0.1) is 0 Å². The number of nitrogen functional groups attached to an aromatic ring is 1. The van der Waals surface area contributed by atoms with Gasteiger partial charge in [0.25, 0.3) is 5.91 Å². The van der Waals surface area contributed by atoms with Crippen molar-refractivity contribution in [1.29, 1.82) is 0 Å². The summed E-state index contributed by atoms with van der Waals surface area (Å²) < 4.78 is 0. The number of carbonyl (C=O) groups is 1. The maximum absolute atomic E-state index is 11.9. The van der Waals surface area contributed by atoms with E-state index in [2.05, 4.69) is 10.6 Å². The van der Waals surface area contributed by atoms with Crippen molar-refractivity contribution in [2.75, 3.05) is 18.1 Å². The molecule has 0 spiro atoms. The molecule has 1 rings (SSSR count). The Bertz CT molecular complexity index is 394. The van der Waals surface area contributed by atoms with Crippen molar-refractivity contribution >= 4 is 17.3 Å². The summed E-state index contributed by atoms with van der Waals surface area (Å²) in [5.74, 6) is -0.151. The monoisotopic (exact) mass is 221 g/mol. The quantitative estimate of drug-likeness (QED) is 0.667. The Morgan fingerprint density at radius 2 is 1.94 bits per heavy atom. The molecular formula is C12H19N3O. The predicted molar refractivity (Wildman–Crippen MR) is 67.6 cm³/mol. The van der Waals surface area contributed by atoms with Gasteiger partial charge in [-0.2, -0.15) is 0 Å². The summed E-state index contributed by atoms with van der Waals surface area (Å²) in [6, 6.07) is 5.36. The summed E-state index contributed by atoms with van der Waals surface area (Å²) in [6.45, 7) is 5.80. The molecule has 0 radical (unpaired) electrons. The fourth-order valence-corrected chi connectivity index (χ4v) is 1.39. The normalized spacial score (nSPS) is 11.0. The highest BCUT2D eigenvalue weighted by Crippen LogP contribution is 2.22. The van der Waals surface area contributed by atoms with Crippen LogP contribution in [-0.2, 0) is 0 Å². The first-order valence-corrected chi connectivity index (χ1v) is 5.24. The third kappa shape index (κ3) is 2.89. The maximum atomic E-state index is 11.9. The minimum absolute atomic E-state index is 0.151. The molecule has 0 aliphatic heterocycles. The van der Waals surface area contributed by atoms with Crippen LogP contribution in [0.4, 0.5) is 11.4 Å². The molecule has 1 aromatic rings. The van der Waals surface area contributed by atoms with Crippen molar-refractivity contribution in [3.05, 3.63) is 23.8 Å². The van der Waals surface area contributed by atoms with Gasteiger partial charge in [-0.3, -0.25) is 4.79 Å². The highest BCUT2D eigenvalue weighted by atomic mass is 16.1. The molecule has 4 N–H and O–H groups in total. The molecule has 88 valence electrons. The van der Waals surface area contributed by atoms with Crippen molar-refractivity contribution in [2.24, 2.45) is 0 Å². The van der Waals surface area contributed by atoms with E-state index in [1.165, 1.54) is 0 Å². The van der Waals surface area contributed by atoms with Crippen LogP contribution in [0.2, 0.25) is 0 Å². The zero-order valence-electron chi connectivity index (χ0n) is 10.2. The van der Waals surface area contributed by atoms with Crippen LogP contribution in [0.3, 0.4) is 0 Å². The molecule has 0 saturated carbocycles. The second-order valence-corrected chi connectivity index (χ2v) is 4.72. The van der Waals surface area contributed by atoms with Crippen LogP contribution in [0.5, 0.6) is 0 Å². The molecule has 0 bridgehead atoms. The molecule has 1 amide bonds. The Morgan fingerprint density at radius 3 is 2.44 bits per heavy atom. The largest absolute Gasteiger partial charge is 0.396 e. The standard InChI is InChI=1S/C12H19N3O/c1-12(2,3)15-11(16)8-6-5-7-9(14-4)10(8)13/h5-7,14H,13H2,1-4H3,(H,15,16). The number of carbonyl (C=O) groups excluding carboxylic acids is 1. The van der Waals surface area contributed by atoms with Crippen LogP contribution < -0.4 is 16.4 Å².